The van der Waals surface area contributed by atoms with Gasteiger partial charge in [0.05, 0.1) is 15.7 Å². The fourth-order valence-corrected chi connectivity index (χ4v) is 5.59. The first-order chi connectivity index (χ1) is 14.5. The molecule has 5 nitrogen and oxygen atoms in total. The zero-order valence-corrected chi connectivity index (χ0v) is 19.6. The van der Waals surface area contributed by atoms with Gasteiger partial charge in [0.2, 0.25) is 5.91 Å². The second-order valence-electron chi connectivity index (χ2n) is 7.57. The minimum atomic E-state index is -0.0259. The van der Waals surface area contributed by atoms with Crippen molar-refractivity contribution in [3.8, 4) is 0 Å². The van der Waals surface area contributed by atoms with E-state index in [1.54, 1.807) is 23.2 Å². The molecule has 1 aliphatic heterocycles. The Kier molecular flexibility index (Phi) is 6.85. The summed E-state index contributed by atoms with van der Waals surface area (Å²) < 4.78 is 0.855. The zero-order chi connectivity index (χ0) is 21.1. The molecule has 30 heavy (non-hydrogen) atoms. The van der Waals surface area contributed by atoms with Crippen LogP contribution in [0.2, 0.25) is 4.34 Å². The Morgan fingerprint density at radius 2 is 1.73 bits per heavy atom. The molecule has 0 spiro atoms. The summed E-state index contributed by atoms with van der Waals surface area (Å²) in [7, 11) is 0. The van der Waals surface area contributed by atoms with E-state index >= 15 is 0 Å². The molecule has 0 radical (unpaired) electrons. The lowest BCUT2D eigenvalue weighted by molar-refractivity contribution is -0.115. The summed E-state index contributed by atoms with van der Waals surface area (Å²) in [5.74, 6) is -0.0259. The number of benzene rings is 1. The van der Waals surface area contributed by atoms with E-state index < -0.39 is 0 Å². The van der Waals surface area contributed by atoms with Crippen molar-refractivity contribution in [1.82, 2.24) is 14.8 Å². The predicted octanol–water partition coefficient (Wildman–Crippen LogP) is 5.17. The van der Waals surface area contributed by atoms with Crippen LogP contribution >= 0.6 is 34.3 Å². The first kappa shape index (κ1) is 21.5. The number of aryl methyl sites for hydroxylation is 1. The Morgan fingerprint density at radius 1 is 1.07 bits per heavy atom. The summed E-state index contributed by atoms with van der Waals surface area (Å²) in [6.45, 7) is 9.51. The van der Waals surface area contributed by atoms with Gasteiger partial charge in [-0.2, -0.15) is 0 Å². The van der Waals surface area contributed by atoms with Gasteiger partial charge in [-0.25, -0.2) is 4.98 Å². The Balaban J connectivity index is 1.35. The van der Waals surface area contributed by atoms with Gasteiger partial charge in [0.25, 0.3) is 0 Å². The maximum atomic E-state index is 12.3. The summed E-state index contributed by atoms with van der Waals surface area (Å²) in [6.07, 6.45) is 0. The summed E-state index contributed by atoms with van der Waals surface area (Å²) in [5.41, 5.74) is 3.05. The van der Waals surface area contributed by atoms with Crippen molar-refractivity contribution in [2.24, 2.45) is 0 Å². The highest BCUT2D eigenvalue weighted by atomic mass is 35.5. The third-order valence-electron chi connectivity index (χ3n) is 5.20. The number of anilines is 2. The van der Waals surface area contributed by atoms with Gasteiger partial charge in [-0.15, -0.1) is 22.7 Å². The number of thiazole rings is 1. The van der Waals surface area contributed by atoms with E-state index in [0.29, 0.717) is 0 Å². The third-order valence-corrected chi connectivity index (χ3v) is 7.29. The van der Waals surface area contributed by atoms with Crippen LogP contribution in [-0.2, 0) is 17.9 Å². The highest BCUT2D eigenvalue weighted by Gasteiger charge is 2.21. The van der Waals surface area contributed by atoms with Gasteiger partial charge >= 0.3 is 0 Å². The minimum absolute atomic E-state index is 0.0259. The van der Waals surface area contributed by atoms with Crippen molar-refractivity contribution in [3.05, 3.63) is 62.2 Å². The molecule has 2 aromatic heterocycles. The number of rotatable bonds is 6. The van der Waals surface area contributed by atoms with Gasteiger partial charge in [0, 0.05) is 56.4 Å². The quantitative estimate of drug-likeness (QED) is 0.508. The van der Waals surface area contributed by atoms with Gasteiger partial charge in [-0.1, -0.05) is 29.3 Å². The standard InChI is InChI=1S/C22H25ClN4OS2/c1-16-3-5-19(6-4-16)27(17(2)28)22-24-18(15-29-22)13-25-9-11-26(12-10-25)14-20-7-8-21(23)30-20/h3-8,15H,9-14H2,1-2H3. The SMILES string of the molecule is CC(=O)N(c1ccc(C)cc1)c1nc(CN2CCN(Cc3ccc(Cl)s3)CC2)cs1. The minimum Gasteiger partial charge on any atom is -0.296 e. The monoisotopic (exact) mass is 460 g/mol. The van der Waals surface area contributed by atoms with Crippen LogP contribution in [0.25, 0.3) is 0 Å². The van der Waals surface area contributed by atoms with Crippen molar-refractivity contribution in [2.75, 3.05) is 31.1 Å². The normalized spacial score (nSPS) is 15.4. The number of carbonyl (C=O) groups is 1. The number of piperazine rings is 1. The molecule has 0 aliphatic carbocycles. The molecule has 3 aromatic rings. The molecule has 158 valence electrons. The van der Waals surface area contributed by atoms with Crippen LogP contribution in [0.1, 0.15) is 23.1 Å². The molecule has 1 fully saturated rings. The van der Waals surface area contributed by atoms with Gasteiger partial charge < -0.3 is 0 Å². The largest absolute Gasteiger partial charge is 0.296 e. The van der Waals surface area contributed by atoms with Gasteiger partial charge in [0.15, 0.2) is 5.13 Å². The van der Waals surface area contributed by atoms with Crippen LogP contribution in [0.4, 0.5) is 10.8 Å². The highest BCUT2D eigenvalue weighted by molar-refractivity contribution is 7.16. The van der Waals surface area contributed by atoms with E-state index in [2.05, 4.69) is 21.2 Å². The van der Waals surface area contributed by atoms with E-state index in [1.165, 1.54) is 21.8 Å². The lowest BCUT2D eigenvalue weighted by Gasteiger charge is -2.34. The van der Waals surface area contributed by atoms with E-state index in [0.717, 1.165) is 60.1 Å². The third kappa shape index (κ3) is 5.28. The Bertz CT molecular complexity index is 993. The first-order valence-electron chi connectivity index (χ1n) is 9.98. The van der Waals surface area contributed by atoms with Crippen LogP contribution in [0.15, 0.2) is 41.8 Å². The van der Waals surface area contributed by atoms with Crippen molar-refractivity contribution < 1.29 is 4.79 Å². The molecule has 1 saturated heterocycles. The first-order valence-corrected chi connectivity index (χ1v) is 12.1. The molecule has 1 aromatic carbocycles. The fraction of sp³-hybridized carbons (Fsp3) is 0.364. The topological polar surface area (TPSA) is 39.7 Å². The summed E-state index contributed by atoms with van der Waals surface area (Å²) in [6, 6.07) is 12.1. The lowest BCUT2D eigenvalue weighted by atomic mass is 10.2. The molecule has 0 N–H and O–H groups in total. The number of nitrogens with zero attached hydrogens (tertiary/aromatic N) is 4. The molecule has 0 saturated carbocycles. The number of amides is 1. The molecule has 8 heteroatoms. The molecular weight excluding hydrogens is 436 g/mol. The van der Waals surface area contributed by atoms with E-state index in [9.17, 15) is 4.79 Å². The Labute approximate surface area is 190 Å². The highest BCUT2D eigenvalue weighted by Crippen LogP contribution is 2.29. The van der Waals surface area contributed by atoms with Gasteiger partial charge in [-0.3, -0.25) is 19.5 Å². The summed E-state index contributed by atoms with van der Waals surface area (Å²) >= 11 is 9.23. The van der Waals surface area contributed by atoms with Crippen LogP contribution in [0, 0.1) is 6.92 Å². The fourth-order valence-electron chi connectivity index (χ4n) is 3.58. The molecule has 4 rings (SSSR count). The number of hydrogen-bond acceptors (Lipinski definition) is 6. The lowest BCUT2D eigenvalue weighted by Crippen LogP contribution is -2.45. The number of thiophene rings is 1. The molecule has 0 atom stereocenters. The Hall–Kier alpha value is -1.77. The average molecular weight is 461 g/mol. The smallest absolute Gasteiger partial charge is 0.230 e. The molecule has 3 heterocycles. The van der Waals surface area contributed by atoms with Crippen molar-refractivity contribution in [3.63, 3.8) is 0 Å². The number of carbonyl (C=O) groups excluding carboxylic acids is 1. The summed E-state index contributed by atoms with van der Waals surface area (Å²) in [5, 5.41) is 2.80. The van der Waals surface area contributed by atoms with Crippen molar-refractivity contribution >= 4 is 51.0 Å². The van der Waals surface area contributed by atoms with E-state index in [1.807, 2.05) is 37.3 Å². The molecular formula is C22H25ClN4OS2. The van der Waals surface area contributed by atoms with E-state index in [-0.39, 0.29) is 5.91 Å². The van der Waals surface area contributed by atoms with Crippen LogP contribution in [-0.4, -0.2) is 46.9 Å². The van der Waals surface area contributed by atoms with E-state index in [4.69, 9.17) is 16.6 Å². The maximum absolute atomic E-state index is 12.3. The van der Waals surface area contributed by atoms with Crippen LogP contribution in [0.5, 0.6) is 0 Å². The van der Waals surface area contributed by atoms with Crippen LogP contribution < -0.4 is 4.90 Å². The molecule has 1 aliphatic rings. The Morgan fingerprint density at radius 3 is 2.33 bits per heavy atom. The number of aromatic nitrogens is 1. The maximum Gasteiger partial charge on any atom is 0.230 e. The molecule has 0 bridgehead atoms. The van der Waals surface area contributed by atoms with Crippen molar-refractivity contribution in [1.29, 1.82) is 0 Å². The predicted molar refractivity (Wildman–Crippen MR) is 126 cm³/mol. The molecule has 1 amide bonds. The second kappa shape index (κ2) is 9.58. The zero-order valence-electron chi connectivity index (χ0n) is 17.2. The van der Waals surface area contributed by atoms with Gasteiger partial charge in [-0.05, 0) is 31.2 Å². The molecule has 0 unspecified atom stereocenters. The average Bonchev–Trinajstić information content (AvgIpc) is 3.34. The second-order valence-corrected chi connectivity index (χ2v) is 10.2. The van der Waals surface area contributed by atoms with Crippen molar-refractivity contribution in [2.45, 2.75) is 26.9 Å². The number of halogens is 1. The van der Waals surface area contributed by atoms with Gasteiger partial charge in [0.1, 0.15) is 0 Å². The summed E-state index contributed by atoms with van der Waals surface area (Å²) in [4.78, 5) is 25.0. The van der Waals surface area contributed by atoms with Crippen LogP contribution in [0.3, 0.4) is 0 Å². The number of hydrogen-bond donors (Lipinski definition) is 0.